The maximum Gasteiger partial charge on any atom is 0.323 e. The van der Waals surface area contributed by atoms with Crippen LogP contribution in [0.4, 0.5) is 0 Å². The van der Waals surface area contributed by atoms with Crippen LogP contribution in [-0.4, -0.2) is 52.3 Å². The van der Waals surface area contributed by atoms with Gasteiger partial charge in [0.15, 0.2) is 5.78 Å². The van der Waals surface area contributed by atoms with Gasteiger partial charge in [-0.3, -0.25) is 14.4 Å². The first-order valence-corrected chi connectivity index (χ1v) is 7.85. The molecule has 0 aliphatic heterocycles. The Morgan fingerprint density at radius 2 is 1.81 bits per heavy atom. The number of rotatable bonds is 9. The molecule has 0 spiro atoms. The molecule has 0 radical (unpaired) electrons. The molecule has 1 rings (SSSR count). The van der Waals surface area contributed by atoms with E-state index in [1.54, 1.807) is 24.3 Å². The number of hydrogen-bond donors (Lipinski definition) is 1. The van der Waals surface area contributed by atoms with E-state index in [0.717, 1.165) is 0 Å². The van der Waals surface area contributed by atoms with Crippen LogP contribution in [0.1, 0.15) is 23.7 Å². The molecule has 0 atom stereocenters. The third-order valence-electron chi connectivity index (χ3n) is 2.73. The zero-order valence-corrected chi connectivity index (χ0v) is 12.8. The Morgan fingerprint density at radius 3 is 2.38 bits per heavy atom. The van der Waals surface area contributed by atoms with Gasteiger partial charge in [0.1, 0.15) is 6.54 Å². The summed E-state index contributed by atoms with van der Waals surface area (Å²) in [4.78, 5) is 35.8. The van der Waals surface area contributed by atoms with Gasteiger partial charge in [0.05, 0.1) is 11.5 Å². The third-order valence-corrected chi connectivity index (χ3v) is 3.64. The molecule has 114 valence electrons. The molecule has 0 heterocycles. The number of carboxylic acids is 1. The SMILES string of the molecule is CCCN(CC(=O)O)C(=O)CSCC(=O)c1ccccc1. The maximum absolute atomic E-state index is 11.9. The summed E-state index contributed by atoms with van der Waals surface area (Å²) >= 11 is 1.21. The molecule has 0 saturated heterocycles. The van der Waals surface area contributed by atoms with E-state index in [1.165, 1.54) is 16.7 Å². The number of benzene rings is 1. The molecular formula is C15H19NO4S. The van der Waals surface area contributed by atoms with E-state index in [0.29, 0.717) is 18.5 Å². The van der Waals surface area contributed by atoms with Gasteiger partial charge in [-0.2, -0.15) is 0 Å². The normalized spacial score (nSPS) is 10.1. The van der Waals surface area contributed by atoms with E-state index < -0.39 is 5.97 Å². The van der Waals surface area contributed by atoms with Crippen LogP contribution in [0.15, 0.2) is 30.3 Å². The predicted octanol–water partition coefficient (Wildman–Crippen LogP) is 1.93. The van der Waals surface area contributed by atoms with E-state index in [2.05, 4.69) is 0 Å². The molecule has 1 N–H and O–H groups in total. The molecule has 21 heavy (non-hydrogen) atoms. The molecule has 6 heteroatoms. The summed E-state index contributed by atoms with van der Waals surface area (Å²) in [6.07, 6.45) is 0.701. The summed E-state index contributed by atoms with van der Waals surface area (Å²) in [5.41, 5.74) is 0.619. The van der Waals surface area contributed by atoms with Crippen molar-refractivity contribution >= 4 is 29.4 Å². The minimum Gasteiger partial charge on any atom is -0.480 e. The molecule has 0 aromatic heterocycles. The van der Waals surface area contributed by atoms with Crippen LogP contribution in [0.5, 0.6) is 0 Å². The first kappa shape index (κ1) is 17.2. The first-order valence-electron chi connectivity index (χ1n) is 6.70. The zero-order valence-electron chi connectivity index (χ0n) is 11.9. The Labute approximate surface area is 128 Å². The molecule has 0 bridgehead atoms. The number of carbonyl (C=O) groups is 3. The van der Waals surface area contributed by atoms with Gasteiger partial charge < -0.3 is 10.0 Å². The second-order valence-corrected chi connectivity index (χ2v) is 5.48. The second kappa shape index (κ2) is 9.18. The van der Waals surface area contributed by atoms with Gasteiger partial charge in [0.25, 0.3) is 0 Å². The Bertz CT molecular complexity index is 490. The van der Waals surface area contributed by atoms with Crippen LogP contribution in [-0.2, 0) is 9.59 Å². The molecule has 0 saturated carbocycles. The number of amides is 1. The highest BCUT2D eigenvalue weighted by Crippen LogP contribution is 2.08. The molecule has 5 nitrogen and oxygen atoms in total. The number of nitrogens with zero attached hydrogens (tertiary/aromatic N) is 1. The molecule has 1 amide bonds. The van der Waals surface area contributed by atoms with Gasteiger partial charge >= 0.3 is 5.97 Å². The summed E-state index contributed by atoms with van der Waals surface area (Å²) in [6.45, 7) is 2.01. The highest BCUT2D eigenvalue weighted by atomic mass is 32.2. The molecule has 0 aliphatic carbocycles. The van der Waals surface area contributed by atoms with Crippen LogP contribution in [0.25, 0.3) is 0 Å². The van der Waals surface area contributed by atoms with Crippen molar-refractivity contribution in [3.05, 3.63) is 35.9 Å². The van der Waals surface area contributed by atoms with Crippen molar-refractivity contribution in [2.75, 3.05) is 24.6 Å². The van der Waals surface area contributed by atoms with Crippen molar-refractivity contribution in [2.24, 2.45) is 0 Å². The van der Waals surface area contributed by atoms with E-state index in [-0.39, 0.29) is 29.7 Å². The molecule has 1 aromatic rings. The maximum atomic E-state index is 11.9. The Morgan fingerprint density at radius 1 is 1.14 bits per heavy atom. The summed E-state index contributed by atoms with van der Waals surface area (Å²) in [5, 5.41) is 8.77. The largest absolute Gasteiger partial charge is 0.480 e. The van der Waals surface area contributed by atoms with Gasteiger partial charge in [-0.25, -0.2) is 0 Å². The number of ketones is 1. The highest BCUT2D eigenvalue weighted by Gasteiger charge is 2.16. The minimum atomic E-state index is -1.03. The van der Waals surface area contributed by atoms with Crippen LogP contribution >= 0.6 is 11.8 Å². The fraction of sp³-hybridized carbons (Fsp3) is 0.400. The van der Waals surface area contributed by atoms with Crippen LogP contribution in [0, 0.1) is 0 Å². The average Bonchev–Trinajstić information content (AvgIpc) is 2.47. The van der Waals surface area contributed by atoms with Crippen molar-refractivity contribution in [2.45, 2.75) is 13.3 Å². The van der Waals surface area contributed by atoms with E-state index >= 15 is 0 Å². The lowest BCUT2D eigenvalue weighted by Crippen LogP contribution is -2.37. The number of aliphatic carboxylic acids is 1. The lowest BCUT2D eigenvalue weighted by molar-refractivity contribution is -0.143. The van der Waals surface area contributed by atoms with Gasteiger partial charge in [0.2, 0.25) is 5.91 Å². The summed E-state index contributed by atoms with van der Waals surface area (Å²) in [5.74, 6) is -0.977. The fourth-order valence-corrected chi connectivity index (χ4v) is 2.57. The molecule has 0 fully saturated rings. The van der Waals surface area contributed by atoms with Gasteiger partial charge in [-0.15, -0.1) is 11.8 Å². The smallest absolute Gasteiger partial charge is 0.323 e. The van der Waals surface area contributed by atoms with Crippen LogP contribution in [0.3, 0.4) is 0 Å². The minimum absolute atomic E-state index is 0.0336. The standard InChI is InChI=1S/C15H19NO4S/c1-2-8-16(9-15(19)20)14(18)11-21-10-13(17)12-6-4-3-5-7-12/h3-7H,2,8-11H2,1H3,(H,19,20). The monoisotopic (exact) mass is 309 g/mol. The molecular weight excluding hydrogens is 290 g/mol. The van der Waals surface area contributed by atoms with E-state index in [9.17, 15) is 14.4 Å². The molecule has 0 aliphatic rings. The number of carbonyl (C=O) groups excluding carboxylic acids is 2. The topological polar surface area (TPSA) is 74.7 Å². The lowest BCUT2D eigenvalue weighted by atomic mass is 10.2. The Balaban J connectivity index is 2.41. The molecule has 0 unspecified atom stereocenters. The third kappa shape index (κ3) is 6.44. The summed E-state index contributed by atoms with van der Waals surface area (Å²) in [7, 11) is 0. The predicted molar refractivity (Wildman–Crippen MR) is 82.6 cm³/mol. The fourth-order valence-electron chi connectivity index (χ4n) is 1.75. The first-order chi connectivity index (χ1) is 10.0. The van der Waals surface area contributed by atoms with Gasteiger partial charge in [-0.05, 0) is 6.42 Å². The number of Topliss-reactive ketones (excluding diaryl/α,β-unsaturated/α-hetero) is 1. The number of hydrogen-bond acceptors (Lipinski definition) is 4. The number of thioether (sulfide) groups is 1. The Kier molecular flexibility index (Phi) is 7.53. The van der Waals surface area contributed by atoms with Crippen molar-refractivity contribution < 1.29 is 19.5 Å². The zero-order chi connectivity index (χ0) is 15.7. The van der Waals surface area contributed by atoms with Crippen molar-refractivity contribution in [1.82, 2.24) is 4.90 Å². The number of carboxylic acid groups (broad SMARTS) is 1. The molecule has 1 aromatic carbocycles. The summed E-state index contributed by atoms with van der Waals surface area (Å²) < 4.78 is 0. The Hall–Kier alpha value is -1.82. The highest BCUT2D eigenvalue weighted by molar-refractivity contribution is 8.00. The van der Waals surface area contributed by atoms with Gasteiger partial charge in [-0.1, -0.05) is 37.3 Å². The lowest BCUT2D eigenvalue weighted by Gasteiger charge is -2.19. The van der Waals surface area contributed by atoms with Crippen molar-refractivity contribution in [3.8, 4) is 0 Å². The quantitative estimate of drug-likeness (QED) is 0.705. The van der Waals surface area contributed by atoms with E-state index in [1.807, 2.05) is 13.0 Å². The van der Waals surface area contributed by atoms with E-state index in [4.69, 9.17) is 5.11 Å². The van der Waals surface area contributed by atoms with Crippen molar-refractivity contribution in [1.29, 1.82) is 0 Å². The van der Waals surface area contributed by atoms with Crippen LogP contribution in [0.2, 0.25) is 0 Å². The average molecular weight is 309 g/mol. The van der Waals surface area contributed by atoms with Gasteiger partial charge in [0, 0.05) is 12.1 Å². The second-order valence-electron chi connectivity index (χ2n) is 4.49. The summed E-state index contributed by atoms with van der Waals surface area (Å²) in [6, 6.07) is 8.89. The van der Waals surface area contributed by atoms with Crippen molar-refractivity contribution in [3.63, 3.8) is 0 Å². The van der Waals surface area contributed by atoms with Crippen LogP contribution < -0.4 is 0 Å².